The van der Waals surface area contributed by atoms with Crippen molar-refractivity contribution in [2.75, 3.05) is 19.7 Å². The first kappa shape index (κ1) is 26.1. The van der Waals surface area contributed by atoms with E-state index < -0.39 is 0 Å². The molecule has 158 valence electrons. The van der Waals surface area contributed by atoms with Crippen LogP contribution in [0.25, 0.3) is 0 Å². The van der Waals surface area contributed by atoms with Gasteiger partial charge in [-0.25, -0.2) is 4.99 Å². The van der Waals surface area contributed by atoms with Gasteiger partial charge in [0.2, 0.25) is 5.89 Å². The molecule has 0 saturated carbocycles. The van der Waals surface area contributed by atoms with E-state index in [0.29, 0.717) is 30.8 Å². The first-order valence-electron chi connectivity index (χ1n) is 10.1. The molecule has 0 amide bonds. The van der Waals surface area contributed by atoms with Crippen molar-refractivity contribution < 1.29 is 9.26 Å². The molecular formula is C19H38IN5O2. The first-order chi connectivity index (χ1) is 12.6. The molecule has 0 spiro atoms. The second-order valence-electron chi connectivity index (χ2n) is 6.52. The maximum Gasteiger partial charge on any atom is 0.248 e. The van der Waals surface area contributed by atoms with E-state index in [-0.39, 0.29) is 30.1 Å². The molecule has 0 aromatic carbocycles. The number of halogens is 1. The van der Waals surface area contributed by atoms with Crippen molar-refractivity contribution >= 4 is 29.9 Å². The highest BCUT2D eigenvalue weighted by molar-refractivity contribution is 14.0. The third kappa shape index (κ3) is 10.9. The molecular weight excluding hydrogens is 457 g/mol. The minimum Gasteiger partial charge on any atom is -0.371 e. The SMILES string of the molecule is CCCCC(CCC)CNC(=NCc1nc(C(C)OCC)no1)NCC.I. The fourth-order valence-corrected chi connectivity index (χ4v) is 2.80. The maximum atomic E-state index is 5.48. The Morgan fingerprint density at radius 1 is 1.15 bits per heavy atom. The molecule has 7 nitrogen and oxygen atoms in total. The molecule has 0 aliphatic heterocycles. The zero-order valence-corrected chi connectivity index (χ0v) is 19.9. The Morgan fingerprint density at radius 3 is 2.56 bits per heavy atom. The van der Waals surface area contributed by atoms with Gasteiger partial charge < -0.3 is 19.9 Å². The summed E-state index contributed by atoms with van der Waals surface area (Å²) in [5, 5.41) is 10.7. The van der Waals surface area contributed by atoms with Gasteiger partial charge in [-0.3, -0.25) is 0 Å². The molecule has 1 aromatic rings. The van der Waals surface area contributed by atoms with Gasteiger partial charge in [-0.2, -0.15) is 4.98 Å². The molecule has 2 unspecified atom stereocenters. The number of aliphatic imine (C=N–C) groups is 1. The number of nitrogens with zero attached hydrogens (tertiary/aromatic N) is 3. The average Bonchev–Trinajstić information content (AvgIpc) is 3.11. The number of nitrogens with one attached hydrogen (secondary N) is 2. The highest BCUT2D eigenvalue weighted by atomic mass is 127. The van der Waals surface area contributed by atoms with E-state index in [0.717, 1.165) is 19.0 Å². The quantitative estimate of drug-likeness (QED) is 0.239. The predicted octanol–water partition coefficient (Wildman–Crippen LogP) is 4.45. The van der Waals surface area contributed by atoms with Crippen LogP contribution >= 0.6 is 24.0 Å². The topological polar surface area (TPSA) is 84.6 Å². The zero-order chi connectivity index (χ0) is 19.2. The Balaban J connectivity index is 0.00000676. The summed E-state index contributed by atoms with van der Waals surface area (Å²) in [7, 11) is 0. The summed E-state index contributed by atoms with van der Waals surface area (Å²) in [6.07, 6.45) is 6.08. The van der Waals surface area contributed by atoms with Crippen molar-refractivity contribution in [2.24, 2.45) is 10.9 Å². The molecule has 0 aliphatic rings. The fraction of sp³-hybridized carbons (Fsp3) is 0.842. The number of guanidine groups is 1. The van der Waals surface area contributed by atoms with Gasteiger partial charge in [-0.05, 0) is 39.5 Å². The lowest BCUT2D eigenvalue weighted by atomic mass is 9.97. The third-order valence-electron chi connectivity index (χ3n) is 4.20. The van der Waals surface area contributed by atoms with E-state index in [1.54, 1.807) is 0 Å². The average molecular weight is 495 g/mol. The van der Waals surface area contributed by atoms with Crippen LogP contribution in [0.2, 0.25) is 0 Å². The van der Waals surface area contributed by atoms with E-state index in [9.17, 15) is 0 Å². The molecule has 0 radical (unpaired) electrons. The predicted molar refractivity (Wildman–Crippen MR) is 120 cm³/mol. The Labute approximate surface area is 181 Å². The van der Waals surface area contributed by atoms with Gasteiger partial charge in [0, 0.05) is 19.7 Å². The molecule has 0 bridgehead atoms. The van der Waals surface area contributed by atoms with Gasteiger partial charge >= 0.3 is 0 Å². The number of rotatable bonds is 13. The molecule has 27 heavy (non-hydrogen) atoms. The second-order valence-corrected chi connectivity index (χ2v) is 6.52. The Hall–Kier alpha value is -0.900. The number of ether oxygens (including phenoxy) is 1. The summed E-state index contributed by atoms with van der Waals surface area (Å²) < 4.78 is 10.8. The second kappa shape index (κ2) is 16.1. The third-order valence-corrected chi connectivity index (χ3v) is 4.20. The first-order valence-corrected chi connectivity index (χ1v) is 10.1. The molecule has 2 N–H and O–H groups in total. The molecule has 8 heteroatoms. The van der Waals surface area contributed by atoms with Crippen LogP contribution < -0.4 is 10.6 Å². The molecule has 2 atom stereocenters. The van der Waals surface area contributed by atoms with Crippen LogP contribution in [0, 0.1) is 5.92 Å². The molecule has 0 fully saturated rings. The standard InChI is InChI=1S/C19H37N5O2.HI/c1-6-10-12-16(11-7-2)13-21-19(20-8-3)22-14-17-23-18(24-26-17)15(5)25-9-4;/h15-16H,6-14H2,1-5H3,(H2,20,21,22);1H. The largest absolute Gasteiger partial charge is 0.371 e. The van der Waals surface area contributed by atoms with Crippen molar-refractivity contribution in [3.05, 3.63) is 11.7 Å². The summed E-state index contributed by atoms with van der Waals surface area (Å²) in [4.78, 5) is 8.93. The monoisotopic (exact) mass is 495 g/mol. The van der Waals surface area contributed by atoms with E-state index >= 15 is 0 Å². The molecule has 1 rings (SSSR count). The van der Waals surface area contributed by atoms with Crippen LogP contribution in [0.5, 0.6) is 0 Å². The van der Waals surface area contributed by atoms with Crippen LogP contribution in [-0.2, 0) is 11.3 Å². The summed E-state index contributed by atoms with van der Waals surface area (Å²) in [6.45, 7) is 13.1. The molecule has 1 heterocycles. The van der Waals surface area contributed by atoms with Crippen LogP contribution in [-0.4, -0.2) is 35.8 Å². The summed E-state index contributed by atoms with van der Waals surface area (Å²) in [5.74, 6) is 2.55. The number of unbranched alkanes of at least 4 members (excludes halogenated alkanes) is 1. The Kier molecular flexibility index (Phi) is 15.6. The minimum absolute atomic E-state index is 0. The summed E-state index contributed by atoms with van der Waals surface area (Å²) in [5.41, 5.74) is 0. The summed E-state index contributed by atoms with van der Waals surface area (Å²) >= 11 is 0. The van der Waals surface area contributed by atoms with E-state index in [1.807, 2.05) is 13.8 Å². The van der Waals surface area contributed by atoms with Crippen LogP contribution in [0.3, 0.4) is 0 Å². The zero-order valence-electron chi connectivity index (χ0n) is 17.6. The number of aromatic nitrogens is 2. The summed E-state index contributed by atoms with van der Waals surface area (Å²) in [6, 6.07) is 0. The van der Waals surface area contributed by atoms with E-state index in [1.165, 1.54) is 32.1 Å². The molecule has 1 aromatic heterocycles. The van der Waals surface area contributed by atoms with Crippen molar-refractivity contribution in [3.63, 3.8) is 0 Å². The number of hydrogen-bond donors (Lipinski definition) is 2. The van der Waals surface area contributed by atoms with Crippen molar-refractivity contribution in [1.29, 1.82) is 0 Å². The normalized spacial score (nSPS) is 13.7. The number of hydrogen-bond acceptors (Lipinski definition) is 5. The van der Waals surface area contributed by atoms with Crippen LogP contribution in [0.4, 0.5) is 0 Å². The van der Waals surface area contributed by atoms with Gasteiger partial charge in [0.15, 0.2) is 11.8 Å². The van der Waals surface area contributed by atoms with Gasteiger partial charge in [-0.1, -0.05) is 38.3 Å². The van der Waals surface area contributed by atoms with E-state index in [2.05, 4.69) is 46.5 Å². The van der Waals surface area contributed by atoms with Crippen molar-refractivity contribution in [3.8, 4) is 0 Å². The van der Waals surface area contributed by atoms with Crippen molar-refractivity contribution in [2.45, 2.75) is 79.4 Å². The van der Waals surface area contributed by atoms with Crippen LogP contribution in [0.15, 0.2) is 9.52 Å². The molecule has 0 saturated heterocycles. The Bertz CT molecular complexity index is 510. The van der Waals surface area contributed by atoms with Gasteiger partial charge in [-0.15, -0.1) is 24.0 Å². The maximum absolute atomic E-state index is 5.48. The smallest absolute Gasteiger partial charge is 0.248 e. The fourth-order valence-electron chi connectivity index (χ4n) is 2.80. The highest BCUT2D eigenvalue weighted by Gasteiger charge is 2.14. The highest BCUT2D eigenvalue weighted by Crippen LogP contribution is 2.14. The lowest BCUT2D eigenvalue weighted by Crippen LogP contribution is -2.39. The van der Waals surface area contributed by atoms with Crippen molar-refractivity contribution in [1.82, 2.24) is 20.8 Å². The minimum atomic E-state index is -0.166. The van der Waals surface area contributed by atoms with Gasteiger partial charge in [0.1, 0.15) is 12.6 Å². The van der Waals surface area contributed by atoms with Crippen LogP contribution in [0.1, 0.15) is 84.5 Å². The lowest BCUT2D eigenvalue weighted by Gasteiger charge is -2.18. The molecule has 0 aliphatic carbocycles. The van der Waals surface area contributed by atoms with Gasteiger partial charge in [0.05, 0.1) is 0 Å². The lowest BCUT2D eigenvalue weighted by molar-refractivity contribution is 0.0683. The van der Waals surface area contributed by atoms with Gasteiger partial charge in [0.25, 0.3) is 0 Å². The van der Waals surface area contributed by atoms with E-state index in [4.69, 9.17) is 9.26 Å². The Morgan fingerprint density at radius 2 is 1.93 bits per heavy atom.